The van der Waals surface area contributed by atoms with E-state index in [1.165, 1.54) is 11.9 Å². The van der Waals surface area contributed by atoms with Gasteiger partial charge in [0.1, 0.15) is 12.7 Å². The van der Waals surface area contributed by atoms with Crippen LogP contribution in [0.15, 0.2) is 43.0 Å². The summed E-state index contributed by atoms with van der Waals surface area (Å²) in [5.41, 5.74) is 1.19. The fraction of sp³-hybridized carbons (Fsp3) is 0.273. The molecule has 0 atom stereocenters. The molecule has 2 rings (SSSR count). The van der Waals surface area contributed by atoms with Crippen molar-refractivity contribution in [1.29, 1.82) is 0 Å². The molecule has 0 aliphatic heterocycles. The van der Waals surface area contributed by atoms with Crippen LogP contribution in [-0.2, 0) is 17.9 Å². The average molecular weight is 203 g/mol. The Labute approximate surface area is 88.5 Å². The van der Waals surface area contributed by atoms with Gasteiger partial charge in [-0.3, -0.25) is 4.68 Å². The van der Waals surface area contributed by atoms with Gasteiger partial charge in [0.15, 0.2) is 0 Å². The highest BCUT2D eigenvalue weighted by Gasteiger charge is 1.93. The van der Waals surface area contributed by atoms with Crippen LogP contribution in [0.1, 0.15) is 5.56 Å². The lowest BCUT2D eigenvalue weighted by atomic mass is 10.2. The molecule has 2 aromatic rings. The van der Waals surface area contributed by atoms with Gasteiger partial charge >= 0.3 is 0 Å². The Hall–Kier alpha value is -1.68. The zero-order chi connectivity index (χ0) is 10.3. The van der Waals surface area contributed by atoms with Gasteiger partial charge in [0, 0.05) is 0 Å². The van der Waals surface area contributed by atoms with Gasteiger partial charge in [0.25, 0.3) is 0 Å². The second kappa shape index (κ2) is 5.26. The van der Waals surface area contributed by atoms with Crippen molar-refractivity contribution >= 4 is 0 Å². The number of hydrogen-bond donors (Lipinski definition) is 0. The second-order valence-electron chi connectivity index (χ2n) is 3.20. The molecule has 0 spiro atoms. The van der Waals surface area contributed by atoms with Crippen molar-refractivity contribution in [2.24, 2.45) is 0 Å². The first-order valence-corrected chi connectivity index (χ1v) is 4.89. The monoisotopic (exact) mass is 203 g/mol. The lowest BCUT2D eigenvalue weighted by Gasteiger charge is -2.03. The largest absolute Gasteiger partial charge is 0.375 e. The number of ether oxygens (including phenoxy) is 1. The molecule has 0 unspecified atom stereocenters. The summed E-state index contributed by atoms with van der Waals surface area (Å²) in [6, 6.07) is 10.1. The Balaban J connectivity index is 1.68. The molecule has 78 valence electrons. The molecule has 1 aromatic carbocycles. The zero-order valence-corrected chi connectivity index (χ0v) is 8.41. The standard InChI is InChI=1S/C11H13N3O/c1-2-4-11(5-3-1)8-15-7-6-14-10-12-9-13-14/h1-5,9-10H,6-8H2. The fourth-order valence-corrected chi connectivity index (χ4v) is 1.27. The van der Waals surface area contributed by atoms with E-state index in [0.29, 0.717) is 13.2 Å². The van der Waals surface area contributed by atoms with Gasteiger partial charge in [-0.1, -0.05) is 30.3 Å². The highest BCUT2D eigenvalue weighted by atomic mass is 16.5. The van der Waals surface area contributed by atoms with E-state index in [1.807, 2.05) is 18.2 Å². The summed E-state index contributed by atoms with van der Waals surface area (Å²) in [4.78, 5) is 3.86. The molecule has 1 aromatic heterocycles. The Kier molecular flexibility index (Phi) is 3.46. The van der Waals surface area contributed by atoms with Crippen LogP contribution < -0.4 is 0 Å². The Bertz CT molecular complexity index is 372. The minimum absolute atomic E-state index is 0.648. The summed E-state index contributed by atoms with van der Waals surface area (Å²) in [6.07, 6.45) is 3.21. The molecule has 15 heavy (non-hydrogen) atoms. The third-order valence-corrected chi connectivity index (χ3v) is 2.04. The quantitative estimate of drug-likeness (QED) is 0.691. The van der Waals surface area contributed by atoms with Crippen molar-refractivity contribution in [2.45, 2.75) is 13.2 Å². The van der Waals surface area contributed by atoms with Gasteiger partial charge in [-0.25, -0.2) is 4.98 Å². The number of hydrogen-bond acceptors (Lipinski definition) is 3. The molecular weight excluding hydrogens is 190 g/mol. The van der Waals surface area contributed by atoms with Crippen LogP contribution in [0.3, 0.4) is 0 Å². The van der Waals surface area contributed by atoms with Crippen molar-refractivity contribution in [3.8, 4) is 0 Å². The summed E-state index contributed by atoms with van der Waals surface area (Å²) in [5, 5.41) is 3.99. The molecule has 1 heterocycles. The van der Waals surface area contributed by atoms with Gasteiger partial charge in [-0.2, -0.15) is 5.10 Å². The molecule has 0 bridgehead atoms. The Morgan fingerprint density at radius 2 is 2.07 bits per heavy atom. The van der Waals surface area contributed by atoms with Crippen molar-refractivity contribution in [3.05, 3.63) is 48.5 Å². The molecule has 0 fully saturated rings. The maximum Gasteiger partial charge on any atom is 0.137 e. The molecule has 0 aliphatic rings. The minimum Gasteiger partial charge on any atom is -0.375 e. The predicted molar refractivity (Wildman–Crippen MR) is 56.1 cm³/mol. The SMILES string of the molecule is c1ccc(COCCn2cncn2)cc1. The second-order valence-corrected chi connectivity index (χ2v) is 3.20. The van der Waals surface area contributed by atoms with Crippen LogP contribution >= 0.6 is 0 Å². The predicted octanol–water partition coefficient (Wildman–Crippen LogP) is 1.49. The van der Waals surface area contributed by atoms with Gasteiger partial charge in [0.05, 0.1) is 19.8 Å². The molecule has 0 amide bonds. The number of benzene rings is 1. The maximum absolute atomic E-state index is 5.50. The first-order chi connectivity index (χ1) is 7.45. The van der Waals surface area contributed by atoms with E-state index in [2.05, 4.69) is 22.2 Å². The van der Waals surface area contributed by atoms with Crippen LogP contribution in [0.5, 0.6) is 0 Å². The summed E-state index contributed by atoms with van der Waals surface area (Å²) in [6.45, 7) is 2.04. The van der Waals surface area contributed by atoms with Gasteiger partial charge in [-0.05, 0) is 5.56 Å². The molecule has 0 saturated carbocycles. The molecule has 0 N–H and O–H groups in total. The van der Waals surface area contributed by atoms with E-state index in [1.54, 1.807) is 11.0 Å². The van der Waals surface area contributed by atoms with Crippen LogP contribution in [0.2, 0.25) is 0 Å². The normalized spacial score (nSPS) is 10.4. The molecular formula is C11H13N3O. The third kappa shape index (κ3) is 3.18. The Morgan fingerprint density at radius 3 is 2.80 bits per heavy atom. The van der Waals surface area contributed by atoms with E-state index in [4.69, 9.17) is 4.74 Å². The first kappa shape index (κ1) is 9.86. The summed E-state index contributed by atoms with van der Waals surface area (Å²) >= 11 is 0. The Morgan fingerprint density at radius 1 is 1.20 bits per heavy atom. The van der Waals surface area contributed by atoms with Crippen molar-refractivity contribution in [1.82, 2.24) is 14.8 Å². The third-order valence-electron chi connectivity index (χ3n) is 2.04. The van der Waals surface area contributed by atoms with Gasteiger partial charge in [-0.15, -0.1) is 0 Å². The van der Waals surface area contributed by atoms with Crippen molar-refractivity contribution < 1.29 is 4.74 Å². The topological polar surface area (TPSA) is 39.9 Å². The van der Waals surface area contributed by atoms with E-state index >= 15 is 0 Å². The lowest BCUT2D eigenvalue weighted by Crippen LogP contribution is -2.06. The lowest BCUT2D eigenvalue weighted by molar-refractivity contribution is 0.111. The molecule has 0 aliphatic carbocycles. The van der Waals surface area contributed by atoms with Crippen LogP contribution in [0, 0.1) is 0 Å². The number of nitrogens with zero attached hydrogens (tertiary/aromatic N) is 3. The van der Waals surface area contributed by atoms with Crippen LogP contribution in [-0.4, -0.2) is 21.4 Å². The van der Waals surface area contributed by atoms with E-state index in [-0.39, 0.29) is 0 Å². The van der Waals surface area contributed by atoms with Gasteiger partial charge < -0.3 is 4.74 Å². The van der Waals surface area contributed by atoms with E-state index in [0.717, 1.165) is 6.54 Å². The maximum atomic E-state index is 5.50. The molecule has 0 radical (unpaired) electrons. The molecule has 0 saturated heterocycles. The summed E-state index contributed by atoms with van der Waals surface area (Å²) in [7, 11) is 0. The fourth-order valence-electron chi connectivity index (χ4n) is 1.27. The first-order valence-electron chi connectivity index (χ1n) is 4.89. The number of rotatable bonds is 5. The highest BCUT2D eigenvalue weighted by molar-refractivity contribution is 5.13. The van der Waals surface area contributed by atoms with Crippen LogP contribution in [0.4, 0.5) is 0 Å². The van der Waals surface area contributed by atoms with Crippen LogP contribution in [0.25, 0.3) is 0 Å². The highest BCUT2D eigenvalue weighted by Crippen LogP contribution is 2.00. The zero-order valence-electron chi connectivity index (χ0n) is 8.41. The average Bonchev–Trinajstić information content (AvgIpc) is 2.79. The summed E-state index contributed by atoms with van der Waals surface area (Å²) in [5.74, 6) is 0. The summed E-state index contributed by atoms with van der Waals surface area (Å²) < 4.78 is 7.26. The van der Waals surface area contributed by atoms with Gasteiger partial charge in [0.2, 0.25) is 0 Å². The van der Waals surface area contributed by atoms with Crippen molar-refractivity contribution in [3.63, 3.8) is 0 Å². The smallest absolute Gasteiger partial charge is 0.137 e. The minimum atomic E-state index is 0.648. The van der Waals surface area contributed by atoms with Crippen molar-refractivity contribution in [2.75, 3.05) is 6.61 Å². The number of aromatic nitrogens is 3. The van der Waals surface area contributed by atoms with E-state index in [9.17, 15) is 0 Å². The van der Waals surface area contributed by atoms with E-state index < -0.39 is 0 Å². The molecule has 4 nitrogen and oxygen atoms in total. The molecule has 4 heteroatoms.